The first-order valence-corrected chi connectivity index (χ1v) is 1.93. The molecule has 1 unspecified atom stereocenters. The number of carbonyl (C=O) groups is 1. The first-order valence-electron chi connectivity index (χ1n) is 1.93. The van der Waals surface area contributed by atoms with Crippen LogP contribution in [0.5, 0.6) is 0 Å². The number of hydrogen-bond acceptors (Lipinski definition) is 4. The Bertz CT molecular complexity index is 83.4. The summed E-state index contributed by atoms with van der Waals surface area (Å²) in [6, 6.07) is -1.14. The summed E-state index contributed by atoms with van der Waals surface area (Å²) >= 11 is 0. The van der Waals surface area contributed by atoms with Gasteiger partial charge < -0.3 is 10.8 Å². The Morgan fingerprint density at radius 2 is 2.38 bits per heavy atom. The quantitative estimate of drug-likeness (QED) is 0.325. The molecule has 0 bridgehead atoms. The largest absolute Gasteiger partial charge is 0.480 e. The molecule has 0 radical (unpaired) electrons. The number of hydrogen-bond donors (Lipinski definition) is 3. The maximum absolute atomic E-state index is 9.77. The van der Waals surface area contributed by atoms with E-state index in [1.165, 1.54) is 0 Å². The molecule has 8 heavy (non-hydrogen) atoms. The van der Waals surface area contributed by atoms with Gasteiger partial charge in [-0.2, -0.15) is 0 Å². The van der Waals surface area contributed by atoms with Gasteiger partial charge in [0.15, 0.2) is 0 Å². The van der Waals surface area contributed by atoms with Gasteiger partial charge in [-0.1, -0.05) is 0 Å². The van der Waals surface area contributed by atoms with E-state index in [0.717, 1.165) is 0 Å². The second-order valence-corrected chi connectivity index (χ2v) is 1.24. The molecule has 0 aliphatic heterocycles. The minimum atomic E-state index is -1.20. The molecule has 0 aliphatic carbocycles. The Morgan fingerprint density at radius 3 is 2.50 bits per heavy atom. The van der Waals surface area contributed by atoms with Crippen molar-refractivity contribution < 1.29 is 20.0 Å². The van der Waals surface area contributed by atoms with Crippen LogP contribution >= 0.6 is 0 Å². The normalized spacial score (nSPS) is 13.2. The first kappa shape index (κ1) is 7.35. The topological polar surface area (TPSA) is 92.8 Å². The SMILES string of the molecule is NC(COO)C(=O)O. The van der Waals surface area contributed by atoms with Crippen LogP contribution in [0.2, 0.25) is 0 Å². The fourth-order valence-electron chi connectivity index (χ4n) is 0.152. The van der Waals surface area contributed by atoms with Crippen molar-refractivity contribution in [1.29, 1.82) is 0 Å². The average molecular weight is 121 g/mol. The summed E-state index contributed by atoms with van der Waals surface area (Å²) in [6.45, 7) is -0.380. The highest BCUT2D eigenvalue weighted by atomic mass is 17.1. The third-order valence-corrected chi connectivity index (χ3v) is 0.571. The Labute approximate surface area is 45.6 Å². The van der Waals surface area contributed by atoms with Crippen LogP contribution in [-0.4, -0.2) is 29.0 Å². The fourth-order valence-corrected chi connectivity index (χ4v) is 0.152. The van der Waals surface area contributed by atoms with Gasteiger partial charge in [0, 0.05) is 0 Å². The summed E-state index contributed by atoms with van der Waals surface area (Å²) in [6.07, 6.45) is 0. The van der Waals surface area contributed by atoms with E-state index in [4.69, 9.17) is 16.1 Å². The van der Waals surface area contributed by atoms with Crippen LogP contribution in [0.3, 0.4) is 0 Å². The fraction of sp³-hybridized carbons (Fsp3) is 0.667. The van der Waals surface area contributed by atoms with Crippen molar-refractivity contribution in [2.75, 3.05) is 6.61 Å². The average Bonchev–Trinajstić information content (AvgIpc) is 1.67. The smallest absolute Gasteiger partial charge is 0.323 e. The Morgan fingerprint density at radius 1 is 1.88 bits per heavy atom. The molecule has 0 aromatic rings. The molecular weight excluding hydrogens is 114 g/mol. The van der Waals surface area contributed by atoms with Gasteiger partial charge in [-0.15, -0.1) is 0 Å². The van der Waals surface area contributed by atoms with Crippen molar-refractivity contribution in [3.05, 3.63) is 0 Å². The lowest BCUT2D eigenvalue weighted by Crippen LogP contribution is -2.34. The number of rotatable bonds is 3. The molecule has 0 aromatic heterocycles. The summed E-state index contributed by atoms with van der Waals surface area (Å²) in [4.78, 5) is 13.2. The van der Waals surface area contributed by atoms with Crippen LogP contribution in [0.4, 0.5) is 0 Å². The first-order chi connectivity index (χ1) is 3.68. The molecule has 0 heterocycles. The highest BCUT2D eigenvalue weighted by molar-refractivity contribution is 5.73. The van der Waals surface area contributed by atoms with E-state index in [1.54, 1.807) is 0 Å². The number of carboxylic acids is 1. The van der Waals surface area contributed by atoms with Crippen LogP contribution in [0.1, 0.15) is 0 Å². The number of aliphatic carboxylic acids is 1. The van der Waals surface area contributed by atoms with E-state index in [2.05, 4.69) is 4.89 Å². The van der Waals surface area contributed by atoms with Gasteiger partial charge in [0.05, 0.1) is 0 Å². The molecule has 4 N–H and O–H groups in total. The van der Waals surface area contributed by atoms with Gasteiger partial charge >= 0.3 is 5.97 Å². The van der Waals surface area contributed by atoms with Crippen molar-refractivity contribution in [3.8, 4) is 0 Å². The van der Waals surface area contributed by atoms with Gasteiger partial charge in [-0.25, -0.2) is 4.89 Å². The van der Waals surface area contributed by atoms with Gasteiger partial charge in [0.1, 0.15) is 12.6 Å². The van der Waals surface area contributed by atoms with E-state index < -0.39 is 12.0 Å². The maximum Gasteiger partial charge on any atom is 0.323 e. The van der Waals surface area contributed by atoms with Crippen LogP contribution in [0.15, 0.2) is 0 Å². The maximum atomic E-state index is 9.77. The van der Waals surface area contributed by atoms with Crippen LogP contribution in [0.25, 0.3) is 0 Å². The number of nitrogens with two attached hydrogens (primary N) is 1. The summed E-state index contributed by atoms with van der Waals surface area (Å²) in [5.74, 6) is -1.20. The zero-order valence-corrected chi connectivity index (χ0v) is 4.07. The lowest BCUT2D eigenvalue weighted by Gasteiger charge is -1.99. The lowest BCUT2D eigenvalue weighted by molar-refractivity contribution is -0.245. The van der Waals surface area contributed by atoms with E-state index in [1.807, 2.05) is 0 Å². The monoisotopic (exact) mass is 121 g/mol. The summed E-state index contributed by atoms with van der Waals surface area (Å²) in [7, 11) is 0. The molecule has 1 atom stereocenters. The van der Waals surface area contributed by atoms with E-state index in [9.17, 15) is 4.79 Å². The van der Waals surface area contributed by atoms with Gasteiger partial charge in [-0.3, -0.25) is 10.1 Å². The van der Waals surface area contributed by atoms with E-state index in [-0.39, 0.29) is 6.61 Å². The zero-order chi connectivity index (χ0) is 6.57. The van der Waals surface area contributed by atoms with Gasteiger partial charge in [0.25, 0.3) is 0 Å². The highest BCUT2D eigenvalue weighted by Crippen LogP contribution is 1.76. The van der Waals surface area contributed by atoms with E-state index in [0.29, 0.717) is 0 Å². The van der Waals surface area contributed by atoms with Crippen molar-refractivity contribution in [2.24, 2.45) is 5.73 Å². The predicted molar refractivity (Wildman–Crippen MR) is 24.2 cm³/mol. The van der Waals surface area contributed by atoms with Crippen molar-refractivity contribution in [3.63, 3.8) is 0 Å². The standard InChI is InChI=1S/C3H7NO4/c4-2(1-8-7)3(5)6/h2,7H,1,4H2,(H,5,6). The molecule has 48 valence electrons. The minimum absolute atomic E-state index is 0.380. The zero-order valence-electron chi connectivity index (χ0n) is 4.07. The third kappa shape index (κ3) is 2.51. The molecule has 0 aliphatic rings. The molecule has 0 aromatic carbocycles. The van der Waals surface area contributed by atoms with Crippen LogP contribution in [0, 0.1) is 0 Å². The van der Waals surface area contributed by atoms with Crippen molar-refractivity contribution in [2.45, 2.75) is 6.04 Å². The lowest BCUT2D eigenvalue weighted by atomic mass is 10.3. The molecule has 5 heteroatoms. The molecule has 0 spiro atoms. The Kier molecular flexibility index (Phi) is 3.09. The van der Waals surface area contributed by atoms with Crippen molar-refractivity contribution in [1.82, 2.24) is 0 Å². The van der Waals surface area contributed by atoms with E-state index >= 15 is 0 Å². The number of carboxylic acid groups (broad SMARTS) is 1. The second-order valence-electron chi connectivity index (χ2n) is 1.24. The summed E-state index contributed by atoms with van der Waals surface area (Å²) in [5, 5.41) is 15.6. The second kappa shape index (κ2) is 3.36. The van der Waals surface area contributed by atoms with Crippen LogP contribution < -0.4 is 5.73 Å². The molecular formula is C3H7NO4. The Balaban J connectivity index is 3.32. The summed E-state index contributed by atoms with van der Waals surface area (Å²) in [5.41, 5.74) is 4.84. The molecule has 0 saturated carbocycles. The van der Waals surface area contributed by atoms with Crippen LogP contribution in [-0.2, 0) is 9.68 Å². The molecule has 0 amide bonds. The molecule has 0 rings (SSSR count). The molecule has 0 fully saturated rings. The molecule has 5 nitrogen and oxygen atoms in total. The van der Waals surface area contributed by atoms with Gasteiger partial charge in [-0.05, 0) is 0 Å². The molecule has 0 saturated heterocycles. The minimum Gasteiger partial charge on any atom is -0.480 e. The Hall–Kier alpha value is -0.650. The van der Waals surface area contributed by atoms with Gasteiger partial charge in [0.2, 0.25) is 0 Å². The highest BCUT2D eigenvalue weighted by Gasteiger charge is 2.09. The van der Waals surface area contributed by atoms with Crippen molar-refractivity contribution >= 4 is 5.97 Å². The summed E-state index contributed by atoms with van der Waals surface area (Å²) < 4.78 is 0. The predicted octanol–water partition coefficient (Wildman–Crippen LogP) is -1.11. The third-order valence-electron chi connectivity index (χ3n) is 0.571.